The molecule has 3 heterocycles. The Bertz CT molecular complexity index is 1610. The number of nitrogens with one attached hydrogen (secondary N) is 4. The van der Waals surface area contributed by atoms with Gasteiger partial charge in [0.25, 0.3) is 5.91 Å². The quantitative estimate of drug-likeness (QED) is 0.223. The SMILES string of the molecule is CS(=O)(=O)Nc1cccc(Nc2ncc3cc(-c4ccccc4Br)c(C(=O)NCC4CCCN4)nc3n2)c1.Cl. The molecule has 2 aromatic carbocycles. The molecule has 10 nitrogen and oxygen atoms in total. The van der Waals surface area contributed by atoms with Gasteiger partial charge in [-0.25, -0.2) is 18.4 Å². The fraction of sp³-hybridized carbons (Fsp3) is 0.231. The van der Waals surface area contributed by atoms with Crippen LogP contribution in [0.4, 0.5) is 17.3 Å². The third-order valence-electron chi connectivity index (χ3n) is 6.04. The van der Waals surface area contributed by atoms with Crippen molar-refractivity contribution in [2.75, 3.05) is 29.4 Å². The van der Waals surface area contributed by atoms with Gasteiger partial charge < -0.3 is 16.0 Å². The summed E-state index contributed by atoms with van der Waals surface area (Å²) < 4.78 is 26.4. The minimum absolute atomic E-state index is 0. The van der Waals surface area contributed by atoms with E-state index in [0.29, 0.717) is 34.5 Å². The predicted octanol–water partition coefficient (Wildman–Crippen LogP) is 4.47. The van der Waals surface area contributed by atoms with Crippen LogP contribution in [0.2, 0.25) is 0 Å². The summed E-state index contributed by atoms with van der Waals surface area (Å²) in [5.74, 6) is -0.0179. The Morgan fingerprint density at radius 1 is 1.08 bits per heavy atom. The highest BCUT2D eigenvalue weighted by molar-refractivity contribution is 9.10. The number of sulfonamides is 1. The molecule has 2 aromatic heterocycles. The lowest BCUT2D eigenvalue weighted by Gasteiger charge is -2.15. The van der Waals surface area contributed by atoms with Gasteiger partial charge in [-0.15, -0.1) is 12.4 Å². The first-order valence-electron chi connectivity index (χ1n) is 12.0. The molecule has 1 aliphatic rings. The van der Waals surface area contributed by atoms with E-state index in [1.807, 2.05) is 30.3 Å². The van der Waals surface area contributed by atoms with E-state index in [-0.39, 0.29) is 36.0 Å². The lowest BCUT2D eigenvalue weighted by molar-refractivity contribution is 0.0946. The van der Waals surface area contributed by atoms with Crippen molar-refractivity contribution in [2.45, 2.75) is 18.9 Å². The Hall–Kier alpha value is -3.32. The normalized spacial score (nSPS) is 15.0. The molecule has 4 N–H and O–H groups in total. The average Bonchev–Trinajstić information content (AvgIpc) is 3.40. The van der Waals surface area contributed by atoms with E-state index in [1.54, 1.807) is 30.5 Å². The predicted molar refractivity (Wildman–Crippen MR) is 159 cm³/mol. The second-order valence-corrected chi connectivity index (χ2v) is 11.7. The van der Waals surface area contributed by atoms with Crippen molar-refractivity contribution in [1.29, 1.82) is 0 Å². The molecule has 4 aromatic rings. The minimum Gasteiger partial charge on any atom is -0.349 e. The molecule has 1 aliphatic heterocycles. The summed E-state index contributed by atoms with van der Waals surface area (Å²) in [5, 5.41) is 10.2. The number of nitrogens with zero attached hydrogens (tertiary/aromatic N) is 3. The highest BCUT2D eigenvalue weighted by Gasteiger charge is 2.21. The Morgan fingerprint density at radius 3 is 2.62 bits per heavy atom. The molecular weight excluding hydrogens is 606 g/mol. The lowest BCUT2D eigenvalue weighted by Crippen LogP contribution is -2.37. The molecule has 204 valence electrons. The van der Waals surface area contributed by atoms with Gasteiger partial charge in [0.2, 0.25) is 16.0 Å². The molecule has 1 atom stereocenters. The zero-order valence-electron chi connectivity index (χ0n) is 20.9. The van der Waals surface area contributed by atoms with Crippen molar-refractivity contribution < 1.29 is 13.2 Å². The Kier molecular flexibility index (Phi) is 9.01. The summed E-state index contributed by atoms with van der Waals surface area (Å²) in [6.45, 7) is 1.47. The van der Waals surface area contributed by atoms with Crippen LogP contribution in [0.15, 0.2) is 65.3 Å². The summed E-state index contributed by atoms with van der Waals surface area (Å²) in [7, 11) is -3.41. The summed E-state index contributed by atoms with van der Waals surface area (Å²) >= 11 is 3.59. The number of anilines is 3. The van der Waals surface area contributed by atoms with Gasteiger partial charge in [0.1, 0.15) is 5.69 Å². The molecule has 39 heavy (non-hydrogen) atoms. The average molecular weight is 633 g/mol. The molecule has 1 saturated heterocycles. The van der Waals surface area contributed by atoms with Crippen molar-refractivity contribution in [3.63, 3.8) is 0 Å². The third-order valence-corrected chi connectivity index (χ3v) is 7.34. The number of hydrogen-bond acceptors (Lipinski definition) is 8. The minimum atomic E-state index is -3.41. The van der Waals surface area contributed by atoms with Crippen LogP contribution in [0.3, 0.4) is 0 Å². The van der Waals surface area contributed by atoms with Crippen molar-refractivity contribution in [2.24, 2.45) is 0 Å². The summed E-state index contributed by atoms with van der Waals surface area (Å²) in [6.07, 6.45) is 4.84. The maximum atomic E-state index is 13.3. The Balaban J connectivity index is 0.00000353. The van der Waals surface area contributed by atoms with Crippen molar-refractivity contribution in [1.82, 2.24) is 25.6 Å². The van der Waals surface area contributed by atoms with E-state index in [9.17, 15) is 13.2 Å². The topological polar surface area (TPSA) is 138 Å². The zero-order valence-corrected chi connectivity index (χ0v) is 24.2. The summed E-state index contributed by atoms with van der Waals surface area (Å²) in [5.41, 5.74) is 3.13. The van der Waals surface area contributed by atoms with Crippen LogP contribution < -0.4 is 20.7 Å². The van der Waals surface area contributed by atoms with Crippen molar-refractivity contribution in [3.05, 3.63) is 71.0 Å². The van der Waals surface area contributed by atoms with E-state index >= 15 is 0 Å². The smallest absolute Gasteiger partial charge is 0.270 e. The van der Waals surface area contributed by atoms with E-state index < -0.39 is 10.0 Å². The number of fused-ring (bicyclic) bond motifs is 1. The molecule has 1 unspecified atom stereocenters. The molecule has 1 amide bonds. The number of halogens is 2. The van der Waals surface area contributed by atoms with Crippen LogP contribution in [-0.2, 0) is 10.0 Å². The van der Waals surface area contributed by atoms with Crippen LogP contribution in [0.25, 0.3) is 22.2 Å². The number of benzene rings is 2. The van der Waals surface area contributed by atoms with Gasteiger partial charge in [0, 0.05) is 39.9 Å². The first kappa shape index (κ1) is 28.7. The number of rotatable bonds is 8. The molecule has 5 rings (SSSR count). The molecule has 0 radical (unpaired) electrons. The Labute approximate surface area is 241 Å². The fourth-order valence-electron chi connectivity index (χ4n) is 4.32. The highest BCUT2D eigenvalue weighted by Crippen LogP contribution is 2.32. The van der Waals surface area contributed by atoms with E-state index in [2.05, 4.69) is 51.6 Å². The van der Waals surface area contributed by atoms with Gasteiger partial charge >= 0.3 is 0 Å². The molecule has 1 fully saturated rings. The number of aromatic nitrogens is 3. The van der Waals surface area contributed by atoms with Gasteiger partial charge in [0.15, 0.2) is 5.65 Å². The molecule has 13 heteroatoms. The van der Waals surface area contributed by atoms with Crippen LogP contribution in [0.5, 0.6) is 0 Å². The van der Waals surface area contributed by atoms with Crippen LogP contribution >= 0.6 is 28.3 Å². The molecule has 0 spiro atoms. The van der Waals surface area contributed by atoms with Crippen molar-refractivity contribution >= 4 is 72.6 Å². The van der Waals surface area contributed by atoms with Crippen LogP contribution in [-0.4, -0.2) is 54.7 Å². The molecular formula is C26H27BrClN7O3S. The lowest BCUT2D eigenvalue weighted by atomic mass is 10.0. The summed E-state index contributed by atoms with van der Waals surface area (Å²) in [4.78, 5) is 27.0. The number of pyridine rings is 1. The second kappa shape index (κ2) is 12.2. The van der Waals surface area contributed by atoms with Crippen LogP contribution in [0, 0.1) is 0 Å². The molecule has 0 bridgehead atoms. The maximum absolute atomic E-state index is 13.3. The third kappa shape index (κ3) is 7.21. The number of hydrogen-bond donors (Lipinski definition) is 4. The first-order chi connectivity index (χ1) is 18.2. The van der Waals surface area contributed by atoms with Gasteiger partial charge in [-0.1, -0.05) is 40.2 Å². The first-order valence-corrected chi connectivity index (χ1v) is 14.7. The van der Waals surface area contributed by atoms with Gasteiger partial charge in [-0.3, -0.25) is 9.52 Å². The number of carbonyl (C=O) groups is 1. The van der Waals surface area contributed by atoms with Gasteiger partial charge in [-0.2, -0.15) is 4.98 Å². The summed E-state index contributed by atoms with van der Waals surface area (Å²) in [6, 6.07) is 16.5. The molecule has 0 saturated carbocycles. The number of carbonyl (C=O) groups excluding carboxylic acids is 1. The number of amides is 1. The van der Waals surface area contributed by atoms with Crippen LogP contribution in [0.1, 0.15) is 23.3 Å². The molecule has 0 aliphatic carbocycles. The van der Waals surface area contributed by atoms with Crippen molar-refractivity contribution in [3.8, 4) is 11.1 Å². The van der Waals surface area contributed by atoms with E-state index in [1.165, 1.54) is 0 Å². The van der Waals surface area contributed by atoms with E-state index in [0.717, 1.165) is 35.7 Å². The highest BCUT2D eigenvalue weighted by atomic mass is 79.9. The fourth-order valence-corrected chi connectivity index (χ4v) is 5.37. The largest absolute Gasteiger partial charge is 0.349 e. The van der Waals surface area contributed by atoms with Gasteiger partial charge in [-0.05, 0) is 55.3 Å². The standard InChI is InChI=1S/C26H26BrN7O3S.ClH/c1-38(36,37)34-18-7-4-6-17(13-18)31-26-30-14-16-12-21(20-9-2-3-10-22(20)27)23(32-24(16)33-26)25(35)29-15-19-8-5-11-28-19;/h2-4,6-7,9-10,12-14,19,28,34H,5,8,11,15H2,1H3,(H,29,35)(H,30,31,32,33);1H. The second-order valence-electron chi connectivity index (χ2n) is 9.05. The zero-order chi connectivity index (χ0) is 26.7. The monoisotopic (exact) mass is 631 g/mol. The van der Waals surface area contributed by atoms with Gasteiger partial charge in [0.05, 0.1) is 11.9 Å². The maximum Gasteiger partial charge on any atom is 0.270 e. The Morgan fingerprint density at radius 2 is 1.87 bits per heavy atom. The van der Waals surface area contributed by atoms with E-state index in [4.69, 9.17) is 0 Å².